The van der Waals surface area contributed by atoms with E-state index in [1.807, 2.05) is 4.68 Å². The van der Waals surface area contributed by atoms with E-state index >= 15 is 0 Å². The molecule has 0 bridgehead atoms. The Hall–Kier alpha value is -2.35. The van der Waals surface area contributed by atoms with Crippen LogP contribution in [0.1, 0.15) is 68.0 Å². The van der Waals surface area contributed by atoms with Crippen molar-refractivity contribution in [1.82, 2.24) is 9.78 Å². The van der Waals surface area contributed by atoms with Crippen LogP contribution in [0.15, 0.2) is 34.0 Å². The van der Waals surface area contributed by atoms with Crippen molar-refractivity contribution in [1.29, 1.82) is 0 Å². The molecule has 1 atom stereocenters. The molecule has 0 saturated heterocycles. The Morgan fingerprint density at radius 1 is 1.00 bits per heavy atom. The van der Waals surface area contributed by atoms with E-state index in [-0.39, 0.29) is 34.7 Å². The van der Waals surface area contributed by atoms with Gasteiger partial charge in [-0.3, -0.25) is 19.4 Å². The number of hydrogen-bond donors (Lipinski definition) is 2. The third-order valence-corrected chi connectivity index (χ3v) is 6.99. The SMILES string of the molecule is CS(=O)(=O)c1ccc(C2CC(=O)Nc3c2c(=O)[nH]n3C2CCCCCC2)cc1. The number of nitrogens with one attached hydrogen (secondary N) is 2. The lowest BCUT2D eigenvalue weighted by atomic mass is 9.87. The van der Waals surface area contributed by atoms with Gasteiger partial charge in [-0.25, -0.2) is 8.42 Å². The Labute approximate surface area is 164 Å². The Bertz CT molecular complexity index is 1040. The molecule has 1 aromatic heterocycles. The maximum absolute atomic E-state index is 12.8. The van der Waals surface area contributed by atoms with Crippen LogP contribution in [0.2, 0.25) is 0 Å². The van der Waals surface area contributed by atoms with Gasteiger partial charge in [0.1, 0.15) is 5.82 Å². The minimum atomic E-state index is -3.29. The minimum Gasteiger partial charge on any atom is -0.311 e. The summed E-state index contributed by atoms with van der Waals surface area (Å²) in [4.78, 5) is 25.4. The fourth-order valence-electron chi connectivity index (χ4n) is 4.41. The van der Waals surface area contributed by atoms with Crippen molar-refractivity contribution < 1.29 is 13.2 Å². The molecule has 7 nitrogen and oxygen atoms in total. The van der Waals surface area contributed by atoms with E-state index in [1.54, 1.807) is 12.1 Å². The first-order valence-electron chi connectivity index (χ1n) is 9.79. The number of rotatable bonds is 3. The molecule has 1 amide bonds. The van der Waals surface area contributed by atoms with Crippen LogP contribution >= 0.6 is 0 Å². The fraction of sp³-hybridized carbons (Fsp3) is 0.500. The Balaban J connectivity index is 1.75. The molecule has 4 rings (SSSR count). The summed E-state index contributed by atoms with van der Waals surface area (Å²) in [5.74, 6) is 0.0598. The molecule has 0 radical (unpaired) electrons. The molecule has 1 aliphatic heterocycles. The number of fused-ring (bicyclic) bond motifs is 1. The van der Waals surface area contributed by atoms with E-state index in [0.717, 1.165) is 37.5 Å². The van der Waals surface area contributed by atoms with Crippen molar-refractivity contribution in [2.45, 2.75) is 61.8 Å². The van der Waals surface area contributed by atoms with Crippen molar-refractivity contribution in [3.8, 4) is 0 Å². The van der Waals surface area contributed by atoms with E-state index in [9.17, 15) is 18.0 Å². The summed E-state index contributed by atoms with van der Waals surface area (Å²) in [6, 6.07) is 6.66. The van der Waals surface area contributed by atoms with E-state index in [2.05, 4.69) is 10.4 Å². The quantitative estimate of drug-likeness (QED) is 0.770. The lowest BCUT2D eigenvalue weighted by Crippen LogP contribution is -2.27. The standard InChI is InChI=1S/C20H25N3O4S/c1-28(26,27)15-10-8-13(9-11-15)16-12-17(24)21-19-18(16)20(25)22-23(19)14-6-4-2-3-5-7-14/h8-11,14,16H,2-7,12H2,1H3,(H,21,24)(H,22,25). The molecule has 28 heavy (non-hydrogen) atoms. The van der Waals surface area contributed by atoms with Crippen LogP contribution in [-0.4, -0.2) is 30.4 Å². The molecule has 2 aromatic rings. The number of carbonyl (C=O) groups is 1. The molecule has 1 saturated carbocycles. The molecule has 2 heterocycles. The summed E-state index contributed by atoms with van der Waals surface area (Å²) in [6.07, 6.45) is 7.93. The van der Waals surface area contributed by atoms with Crippen LogP contribution in [0.25, 0.3) is 0 Å². The van der Waals surface area contributed by atoms with Crippen molar-refractivity contribution >= 4 is 21.6 Å². The largest absolute Gasteiger partial charge is 0.311 e. The van der Waals surface area contributed by atoms with Crippen molar-refractivity contribution in [3.63, 3.8) is 0 Å². The van der Waals surface area contributed by atoms with Crippen molar-refractivity contribution in [3.05, 3.63) is 45.7 Å². The maximum Gasteiger partial charge on any atom is 0.270 e. The number of H-pyrrole nitrogens is 1. The van der Waals surface area contributed by atoms with Gasteiger partial charge in [0.2, 0.25) is 5.91 Å². The van der Waals surface area contributed by atoms with Crippen LogP contribution in [0.3, 0.4) is 0 Å². The van der Waals surface area contributed by atoms with Gasteiger partial charge in [0.05, 0.1) is 16.5 Å². The number of sulfone groups is 1. The van der Waals surface area contributed by atoms with Gasteiger partial charge in [0, 0.05) is 18.6 Å². The molecule has 0 spiro atoms. The van der Waals surface area contributed by atoms with Gasteiger partial charge in [-0.15, -0.1) is 0 Å². The molecule has 1 fully saturated rings. The average molecular weight is 404 g/mol. The Morgan fingerprint density at radius 3 is 2.25 bits per heavy atom. The predicted octanol–water partition coefficient (Wildman–Crippen LogP) is 2.95. The highest BCUT2D eigenvalue weighted by atomic mass is 32.2. The van der Waals surface area contributed by atoms with E-state index in [0.29, 0.717) is 11.4 Å². The monoisotopic (exact) mass is 403 g/mol. The fourth-order valence-corrected chi connectivity index (χ4v) is 5.04. The number of benzene rings is 1. The molecule has 1 aliphatic carbocycles. The first-order chi connectivity index (χ1) is 13.3. The zero-order chi connectivity index (χ0) is 19.9. The van der Waals surface area contributed by atoms with E-state index in [4.69, 9.17) is 0 Å². The number of anilines is 1. The third kappa shape index (κ3) is 3.53. The van der Waals surface area contributed by atoms with Crippen LogP contribution in [0.4, 0.5) is 5.82 Å². The lowest BCUT2D eigenvalue weighted by molar-refractivity contribution is -0.116. The first-order valence-corrected chi connectivity index (χ1v) is 11.7. The molecule has 1 unspecified atom stereocenters. The highest BCUT2D eigenvalue weighted by Gasteiger charge is 2.34. The van der Waals surface area contributed by atoms with E-state index in [1.165, 1.54) is 25.0 Å². The number of carbonyl (C=O) groups excluding carboxylic acids is 1. The summed E-state index contributed by atoms with van der Waals surface area (Å²) in [5.41, 5.74) is 1.15. The average Bonchev–Trinajstić information content (AvgIpc) is 2.84. The van der Waals surface area contributed by atoms with Gasteiger partial charge in [-0.05, 0) is 30.5 Å². The number of nitrogens with zero attached hydrogens (tertiary/aromatic N) is 1. The zero-order valence-electron chi connectivity index (χ0n) is 15.9. The van der Waals surface area contributed by atoms with Crippen molar-refractivity contribution in [2.75, 3.05) is 11.6 Å². The van der Waals surface area contributed by atoms with Gasteiger partial charge >= 0.3 is 0 Å². The lowest BCUT2D eigenvalue weighted by Gasteiger charge is -2.26. The molecule has 8 heteroatoms. The topological polar surface area (TPSA) is 101 Å². The van der Waals surface area contributed by atoms with Crippen LogP contribution in [0, 0.1) is 0 Å². The van der Waals surface area contributed by atoms with Gasteiger partial charge in [0.25, 0.3) is 5.56 Å². The second-order valence-electron chi connectivity index (χ2n) is 7.86. The maximum atomic E-state index is 12.8. The predicted molar refractivity (Wildman–Crippen MR) is 106 cm³/mol. The molecular weight excluding hydrogens is 378 g/mol. The van der Waals surface area contributed by atoms with Crippen LogP contribution in [-0.2, 0) is 14.6 Å². The van der Waals surface area contributed by atoms with Crippen LogP contribution < -0.4 is 10.9 Å². The summed E-state index contributed by atoms with van der Waals surface area (Å²) in [7, 11) is -3.29. The Morgan fingerprint density at radius 2 is 1.64 bits per heavy atom. The van der Waals surface area contributed by atoms with Gasteiger partial charge < -0.3 is 5.32 Å². The molecular formula is C20H25N3O4S. The second-order valence-corrected chi connectivity index (χ2v) is 9.88. The van der Waals surface area contributed by atoms with E-state index < -0.39 is 9.84 Å². The van der Waals surface area contributed by atoms with Crippen LogP contribution in [0.5, 0.6) is 0 Å². The second kappa shape index (κ2) is 7.24. The molecule has 150 valence electrons. The van der Waals surface area contributed by atoms with Gasteiger partial charge in [0.15, 0.2) is 9.84 Å². The smallest absolute Gasteiger partial charge is 0.270 e. The number of aromatic nitrogens is 2. The number of aromatic amines is 1. The summed E-state index contributed by atoms with van der Waals surface area (Å²) in [5, 5.41) is 5.86. The third-order valence-electron chi connectivity index (χ3n) is 5.86. The number of hydrogen-bond acceptors (Lipinski definition) is 4. The summed E-state index contributed by atoms with van der Waals surface area (Å²) in [6.45, 7) is 0. The molecule has 1 aromatic carbocycles. The van der Waals surface area contributed by atoms with Gasteiger partial charge in [-0.2, -0.15) is 0 Å². The van der Waals surface area contributed by atoms with Crippen molar-refractivity contribution in [2.24, 2.45) is 0 Å². The molecule has 2 aliphatic rings. The first kappa shape index (κ1) is 19.0. The highest BCUT2D eigenvalue weighted by molar-refractivity contribution is 7.90. The summed E-state index contributed by atoms with van der Waals surface area (Å²) >= 11 is 0. The minimum absolute atomic E-state index is 0.133. The highest BCUT2D eigenvalue weighted by Crippen LogP contribution is 2.38. The zero-order valence-corrected chi connectivity index (χ0v) is 16.7. The molecule has 2 N–H and O–H groups in total. The Kier molecular flexibility index (Phi) is 4.91. The normalized spacial score (nSPS) is 21.0. The summed E-state index contributed by atoms with van der Waals surface area (Å²) < 4.78 is 25.3. The number of amides is 1. The van der Waals surface area contributed by atoms with Gasteiger partial charge in [-0.1, -0.05) is 37.8 Å².